The number of aromatic nitrogens is 2. The van der Waals surface area contributed by atoms with Crippen LogP contribution in [0.1, 0.15) is 43.2 Å². The number of imidazole rings is 1. The summed E-state index contributed by atoms with van der Waals surface area (Å²) in [6.45, 7) is 6.72. The number of piperazine rings is 1. The lowest BCUT2D eigenvalue weighted by Gasteiger charge is -2.35. The number of carbonyl (C=O) groups excluding carboxylic acids is 2. The van der Waals surface area contributed by atoms with Crippen LogP contribution in [-0.4, -0.2) is 63.1 Å². The van der Waals surface area contributed by atoms with Gasteiger partial charge < -0.3 is 9.80 Å². The maximum atomic E-state index is 12.8. The minimum Gasteiger partial charge on any atom is -0.339 e. The number of thioether (sulfide) groups is 1. The first-order valence-corrected chi connectivity index (χ1v) is 12.3. The second kappa shape index (κ2) is 9.90. The van der Waals surface area contributed by atoms with Gasteiger partial charge in [0.15, 0.2) is 5.16 Å². The van der Waals surface area contributed by atoms with Gasteiger partial charge in [0.2, 0.25) is 11.8 Å². The molecule has 0 atom stereocenters. The van der Waals surface area contributed by atoms with Gasteiger partial charge in [0, 0.05) is 45.0 Å². The van der Waals surface area contributed by atoms with Crippen LogP contribution in [0.4, 0.5) is 0 Å². The van der Waals surface area contributed by atoms with Crippen LogP contribution in [-0.2, 0) is 9.59 Å². The molecular formula is C24H32N4O2S. The fraction of sp³-hybridized carbons (Fsp3) is 0.542. The summed E-state index contributed by atoms with van der Waals surface area (Å²) in [5.41, 5.74) is 3.47. The first kappa shape index (κ1) is 21.9. The van der Waals surface area contributed by atoms with Gasteiger partial charge in [-0.2, -0.15) is 0 Å². The molecule has 1 aromatic heterocycles. The lowest BCUT2D eigenvalue weighted by Crippen LogP contribution is -2.51. The Labute approximate surface area is 189 Å². The standard InChI is InChI=1S/C24H32N4O2S/c1-18-7-8-19(2)21(15-18)28-10-9-25-24(28)31-17-23(30)27-13-11-26(12-14-27)22(29)16-20-5-3-4-6-20/h7-10,15,20H,3-6,11-14,16-17H2,1-2H3. The lowest BCUT2D eigenvalue weighted by molar-refractivity contribution is -0.138. The predicted octanol–water partition coefficient (Wildman–Crippen LogP) is 3.83. The second-order valence-electron chi connectivity index (χ2n) is 8.77. The van der Waals surface area contributed by atoms with E-state index in [0.29, 0.717) is 44.3 Å². The Balaban J connectivity index is 1.28. The van der Waals surface area contributed by atoms with Gasteiger partial charge in [0.05, 0.1) is 11.4 Å². The molecule has 1 aromatic carbocycles. The Morgan fingerprint density at radius 2 is 1.71 bits per heavy atom. The predicted molar refractivity (Wildman–Crippen MR) is 123 cm³/mol. The quantitative estimate of drug-likeness (QED) is 0.641. The molecule has 0 bridgehead atoms. The van der Waals surface area contributed by atoms with Crippen molar-refractivity contribution in [1.29, 1.82) is 0 Å². The molecule has 0 radical (unpaired) electrons. The number of hydrogen-bond acceptors (Lipinski definition) is 4. The molecule has 1 aliphatic heterocycles. The summed E-state index contributed by atoms with van der Waals surface area (Å²) in [4.78, 5) is 33.6. The highest BCUT2D eigenvalue weighted by molar-refractivity contribution is 7.99. The Kier molecular flexibility index (Phi) is 7.00. The number of hydrogen-bond donors (Lipinski definition) is 0. The normalized spacial score (nSPS) is 17.4. The molecule has 4 rings (SSSR count). The van der Waals surface area contributed by atoms with Crippen LogP contribution in [0.25, 0.3) is 5.69 Å². The van der Waals surface area contributed by atoms with E-state index in [-0.39, 0.29) is 11.8 Å². The number of amides is 2. The van der Waals surface area contributed by atoms with Gasteiger partial charge >= 0.3 is 0 Å². The molecule has 2 aromatic rings. The van der Waals surface area contributed by atoms with Gasteiger partial charge in [0.25, 0.3) is 0 Å². The first-order valence-electron chi connectivity index (χ1n) is 11.3. The zero-order chi connectivity index (χ0) is 21.8. The molecule has 6 nitrogen and oxygen atoms in total. The topological polar surface area (TPSA) is 58.4 Å². The van der Waals surface area contributed by atoms with Crippen molar-refractivity contribution in [2.75, 3.05) is 31.9 Å². The summed E-state index contributed by atoms with van der Waals surface area (Å²) in [7, 11) is 0. The van der Waals surface area contributed by atoms with Crippen molar-refractivity contribution in [2.45, 2.75) is 51.1 Å². The van der Waals surface area contributed by atoms with E-state index in [0.717, 1.165) is 10.8 Å². The van der Waals surface area contributed by atoms with E-state index >= 15 is 0 Å². The van der Waals surface area contributed by atoms with Crippen LogP contribution in [0.15, 0.2) is 35.7 Å². The second-order valence-corrected chi connectivity index (χ2v) is 9.72. The van der Waals surface area contributed by atoms with Crippen molar-refractivity contribution in [3.8, 4) is 5.69 Å². The van der Waals surface area contributed by atoms with Gasteiger partial charge in [-0.1, -0.05) is 36.7 Å². The third-order valence-corrected chi connectivity index (χ3v) is 7.43. The molecule has 7 heteroatoms. The summed E-state index contributed by atoms with van der Waals surface area (Å²) in [5.74, 6) is 1.31. The number of nitrogens with zero attached hydrogens (tertiary/aromatic N) is 4. The molecule has 2 aliphatic rings. The Morgan fingerprint density at radius 3 is 2.42 bits per heavy atom. The average Bonchev–Trinajstić information content (AvgIpc) is 3.46. The molecule has 31 heavy (non-hydrogen) atoms. The highest BCUT2D eigenvalue weighted by Crippen LogP contribution is 2.28. The van der Waals surface area contributed by atoms with Crippen molar-refractivity contribution >= 4 is 23.6 Å². The maximum absolute atomic E-state index is 12.8. The van der Waals surface area contributed by atoms with Gasteiger partial charge in [-0.3, -0.25) is 14.2 Å². The molecule has 1 aliphatic carbocycles. The van der Waals surface area contributed by atoms with Crippen LogP contribution >= 0.6 is 11.8 Å². The molecule has 1 saturated heterocycles. The van der Waals surface area contributed by atoms with E-state index in [2.05, 4.69) is 41.6 Å². The number of rotatable bonds is 6. The highest BCUT2D eigenvalue weighted by atomic mass is 32.2. The van der Waals surface area contributed by atoms with E-state index < -0.39 is 0 Å². The van der Waals surface area contributed by atoms with E-state index in [4.69, 9.17) is 0 Å². The van der Waals surface area contributed by atoms with Crippen molar-refractivity contribution in [2.24, 2.45) is 5.92 Å². The minimum absolute atomic E-state index is 0.114. The van der Waals surface area contributed by atoms with Crippen molar-refractivity contribution in [1.82, 2.24) is 19.4 Å². The molecule has 0 spiro atoms. The summed E-state index contributed by atoms with van der Waals surface area (Å²) in [6, 6.07) is 6.35. The third-order valence-electron chi connectivity index (χ3n) is 6.48. The fourth-order valence-corrected chi connectivity index (χ4v) is 5.44. The third kappa shape index (κ3) is 5.32. The van der Waals surface area contributed by atoms with Gasteiger partial charge in [0.1, 0.15) is 0 Å². The Hall–Kier alpha value is -2.28. The van der Waals surface area contributed by atoms with Crippen molar-refractivity contribution in [3.63, 3.8) is 0 Å². The molecule has 0 unspecified atom stereocenters. The number of aryl methyl sites for hydroxylation is 2. The fourth-order valence-electron chi connectivity index (χ4n) is 4.57. The SMILES string of the molecule is Cc1ccc(C)c(-n2ccnc2SCC(=O)N2CCN(C(=O)CC3CCCC3)CC2)c1. The summed E-state index contributed by atoms with van der Waals surface area (Å²) >= 11 is 1.47. The summed E-state index contributed by atoms with van der Waals surface area (Å²) in [5, 5.41) is 0.826. The molecule has 2 heterocycles. The highest BCUT2D eigenvalue weighted by Gasteiger charge is 2.27. The molecule has 2 fully saturated rings. The van der Waals surface area contributed by atoms with Crippen molar-refractivity contribution < 1.29 is 9.59 Å². The maximum Gasteiger partial charge on any atom is 0.233 e. The Bertz CT molecular complexity index is 927. The molecular weight excluding hydrogens is 408 g/mol. The van der Waals surface area contributed by atoms with Crippen LogP contribution in [0.2, 0.25) is 0 Å². The van der Waals surface area contributed by atoms with Gasteiger partial charge in [-0.15, -0.1) is 0 Å². The summed E-state index contributed by atoms with van der Waals surface area (Å²) < 4.78 is 2.06. The number of carbonyl (C=O) groups is 2. The monoisotopic (exact) mass is 440 g/mol. The minimum atomic E-state index is 0.114. The van der Waals surface area contributed by atoms with Crippen LogP contribution < -0.4 is 0 Å². The molecule has 166 valence electrons. The molecule has 0 N–H and O–H groups in total. The molecule has 1 saturated carbocycles. The van der Waals surface area contributed by atoms with E-state index in [9.17, 15) is 9.59 Å². The average molecular weight is 441 g/mol. The zero-order valence-electron chi connectivity index (χ0n) is 18.5. The van der Waals surface area contributed by atoms with E-state index in [1.54, 1.807) is 6.20 Å². The van der Waals surface area contributed by atoms with Crippen molar-refractivity contribution in [3.05, 3.63) is 41.7 Å². The Morgan fingerprint density at radius 1 is 1.03 bits per heavy atom. The lowest BCUT2D eigenvalue weighted by atomic mass is 10.0. The first-order chi connectivity index (χ1) is 15.0. The van der Waals surface area contributed by atoms with E-state index in [1.807, 2.05) is 16.0 Å². The van der Waals surface area contributed by atoms with Gasteiger partial charge in [-0.25, -0.2) is 4.98 Å². The van der Waals surface area contributed by atoms with Gasteiger partial charge in [-0.05, 0) is 49.8 Å². The van der Waals surface area contributed by atoms with E-state index in [1.165, 1.54) is 48.6 Å². The largest absolute Gasteiger partial charge is 0.339 e. The zero-order valence-corrected chi connectivity index (χ0v) is 19.4. The number of benzene rings is 1. The smallest absolute Gasteiger partial charge is 0.233 e. The summed E-state index contributed by atoms with van der Waals surface area (Å²) in [6.07, 6.45) is 9.33. The van der Waals surface area contributed by atoms with Crippen LogP contribution in [0, 0.1) is 19.8 Å². The molecule has 2 amide bonds. The van der Waals surface area contributed by atoms with Crippen LogP contribution in [0.3, 0.4) is 0 Å². The van der Waals surface area contributed by atoms with Crippen LogP contribution in [0.5, 0.6) is 0 Å².